The smallest absolute Gasteiger partial charge is 0.373 e. The largest absolute Gasteiger partial charge is 0.380 e. The molecular formula is C10H14N2O3S. The summed E-state index contributed by atoms with van der Waals surface area (Å²) in [7, 11) is 1.78. The lowest BCUT2D eigenvalue weighted by atomic mass is 10.3. The quantitative estimate of drug-likeness (QED) is 0.777. The lowest BCUT2D eigenvalue weighted by Gasteiger charge is -2.13. The van der Waals surface area contributed by atoms with Crippen LogP contribution in [-0.4, -0.2) is 37.4 Å². The highest BCUT2D eigenvalue weighted by Gasteiger charge is 2.23. The number of ether oxygens (including phenoxy) is 1. The molecule has 2 rings (SSSR count). The lowest BCUT2D eigenvalue weighted by Crippen LogP contribution is -2.21. The van der Waals surface area contributed by atoms with E-state index in [-0.39, 0.29) is 6.15 Å². The van der Waals surface area contributed by atoms with Gasteiger partial charge in [-0.05, 0) is 13.3 Å². The van der Waals surface area contributed by atoms with Crippen LogP contribution < -0.4 is 4.90 Å². The molecule has 2 heterocycles. The van der Waals surface area contributed by atoms with Crippen molar-refractivity contribution in [2.24, 2.45) is 0 Å². The third-order valence-electron chi connectivity index (χ3n) is 2.36. The maximum absolute atomic E-state index is 8.12. The van der Waals surface area contributed by atoms with Gasteiger partial charge in [-0.1, -0.05) is 0 Å². The molecule has 0 unspecified atom stereocenters. The van der Waals surface area contributed by atoms with Crippen LogP contribution in [-0.2, 0) is 14.3 Å². The number of hydrogen-bond acceptors (Lipinski definition) is 6. The van der Waals surface area contributed by atoms with Crippen molar-refractivity contribution < 1.29 is 14.3 Å². The standard InChI is InChI=1S/C9H14N2OS.CO2/c1-7-6-13-9(10-7)11-4-3-8(5-11)12-2;2-1-3/h6,8H,3-5H2,1-2H3;/t8-;/m0./s1. The first-order valence-corrected chi connectivity index (χ1v) is 5.78. The van der Waals surface area contributed by atoms with Gasteiger partial charge >= 0.3 is 6.15 Å². The molecule has 5 nitrogen and oxygen atoms in total. The predicted octanol–water partition coefficient (Wildman–Crippen LogP) is 1.09. The number of rotatable bonds is 2. The molecule has 1 atom stereocenters. The molecular weight excluding hydrogens is 228 g/mol. The van der Waals surface area contributed by atoms with Crippen molar-refractivity contribution in [1.82, 2.24) is 4.98 Å². The van der Waals surface area contributed by atoms with E-state index >= 15 is 0 Å². The van der Waals surface area contributed by atoms with Gasteiger partial charge in [0.15, 0.2) is 5.13 Å². The summed E-state index contributed by atoms with van der Waals surface area (Å²) in [5.41, 5.74) is 1.11. The molecule has 0 aromatic carbocycles. The highest BCUT2D eigenvalue weighted by atomic mass is 32.1. The van der Waals surface area contributed by atoms with Gasteiger partial charge in [-0.3, -0.25) is 0 Å². The third-order valence-corrected chi connectivity index (χ3v) is 3.38. The Kier molecular flexibility index (Phi) is 5.11. The molecule has 1 saturated heterocycles. The fourth-order valence-corrected chi connectivity index (χ4v) is 2.42. The van der Waals surface area contributed by atoms with E-state index in [2.05, 4.69) is 15.3 Å². The highest BCUT2D eigenvalue weighted by Crippen LogP contribution is 2.24. The summed E-state index contributed by atoms with van der Waals surface area (Å²) in [5, 5.41) is 3.23. The summed E-state index contributed by atoms with van der Waals surface area (Å²) >= 11 is 1.72. The first kappa shape index (κ1) is 12.8. The fraction of sp³-hybridized carbons (Fsp3) is 0.600. The van der Waals surface area contributed by atoms with Gasteiger partial charge in [0, 0.05) is 25.6 Å². The van der Waals surface area contributed by atoms with Crippen LogP contribution in [0.4, 0.5) is 5.13 Å². The van der Waals surface area contributed by atoms with Gasteiger partial charge in [-0.25, -0.2) is 4.98 Å². The topological polar surface area (TPSA) is 59.5 Å². The molecule has 1 aliphatic heterocycles. The molecule has 0 amide bonds. The maximum Gasteiger partial charge on any atom is 0.373 e. The van der Waals surface area contributed by atoms with Crippen LogP contribution in [0.2, 0.25) is 0 Å². The van der Waals surface area contributed by atoms with Crippen molar-refractivity contribution in [3.8, 4) is 0 Å². The van der Waals surface area contributed by atoms with Crippen LogP contribution in [0.1, 0.15) is 12.1 Å². The van der Waals surface area contributed by atoms with Gasteiger partial charge in [0.2, 0.25) is 0 Å². The molecule has 0 saturated carbocycles. The van der Waals surface area contributed by atoms with E-state index in [4.69, 9.17) is 14.3 Å². The Hall–Kier alpha value is -1.23. The summed E-state index contributed by atoms with van der Waals surface area (Å²) in [4.78, 5) is 23.0. The molecule has 1 aromatic rings. The number of anilines is 1. The molecule has 0 radical (unpaired) electrons. The summed E-state index contributed by atoms with van der Waals surface area (Å²) in [6.45, 7) is 4.10. The van der Waals surface area contributed by atoms with Gasteiger partial charge in [0.25, 0.3) is 0 Å². The van der Waals surface area contributed by atoms with E-state index in [1.54, 1.807) is 18.4 Å². The fourth-order valence-electron chi connectivity index (χ4n) is 1.58. The van der Waals surface area contributed by atoms with Gasteiger partial charge in [0.05, 0.1) is 11.8 Å². The second-order valence-corrected chi connectivity index (χ2v) is 4.28. The number of aryl methyl sites for hydroxylation is 1. The molecule has 0 aliphatic carbocycles. The Balaban J connectivity index is 0.000000386. The molecule has 1 aliphatic rings. The maximum atomic E-state index is 8.12. The number of aromatic nitrogens is 1. The average molecular weight is 242 g/mol. The second-order valence-electron chi connectivity index (χ2n) is 3.45. The van der Waals surface area contributed by atoms with Crippen LogP contribution in [0.3, 0.4) is 0 Å². The SMILES string of the molecule is CO[C@H]1CCN(c2nc(C)cs2)C1.O=C=O. The molecule has 1 fully saturated rings. The lowest BCUT2D eigenvalue weighted by molar-refractivity contribution is -0.191. The Bertz CT molecular complexity index is 361. The number of carbonyl (C=O) groups excluding carboxylic acids is 2. The van der Waals surface area contributed by atoms with Crippen LogP contribution in [0.15, 0.2) is 5.38 Å². The van der Waals surface area contributed by atoms with E-state index in [9.17, 15) is 0 Å². The molecule has 1 aromatic heterocycles. The van der Waals surface area contributed by atoms with Gasteiger partial charge in [-0.2, -0.15) is 9.59 Å². The zero-order chi connectivity index (χ0) is 12.0. The number of nitrogens with zero attached hydrogens (tertiary/aromatic N) is 2. The third kappa shape index (κ3) is 3.41. The zero-order valence-electron chi connectivity index (χ0n) is 9.30. The Morgan fingerprint density at radius 3 is 2.75 bits per heavy atom. The number of thiazole rings is 1. The second kappa shape index (κ2) is 6.37. The molecule has 0 spiro atoms. The van der Waals surface area contributed by atoms with Crippen molar-refractivity contribution >= 4 is 22.6 Å². The van der Waals surface area contributed by atoms with Crippen LogP contribution in [0.5, 0.6) is 0 Å². The molecule has 88 valence electrons. The van der Waals surface area contributed by atoms with Crippen LogP contribution in [0.25, 0.3) is 0 Å². The van der Waals surface area contributed by atoms with Crippen molar-refractivity contribution in [1.29, 1.82) is 0 Å². The first-order chi connectivity index (χ1) is 7.71. The van der Waals surface area contributed by atoms with Gasteiger partial charge < -0.3 is 9.64 Å². The summed E-state index contributed by atoms with van der Waals surface area (Å²) in [6, 6.07) is 0. The Morgan fingerprint density at radius 1 is 1.62 bits per heavy atom. The Labute approximate surface area is 98.0 Å². The minimum Gasteiger partial charge on any atom is -0.380 e. The highest BCUT2D eigenvalue weighted by molar-refractivity contribution is 7.13. The Morgan fingerprint density at radius 2 is 2.31 bits per heavy atom. The normalized spacial score (nSPS) is 18.9. The van der Waals surface area contributed by atoms with E-state index in [1.807, 2.05) is 6.92 Å². The van der Waals surface area contributed by atoms with Gasteiger partial charge in [-0.15, -0.1) is 11.3 Å². The summed E-state index contributed by atoms with van der Waals surface area (Å²) in [5.74, 6) is 0. The summed E-state index contributed by atoms with van der Waals surface area (Å²) in [6.07, 6.45) is 1.76. The van der Waals surface area contributed by atoms with Crippen molar-refractivity contribution in [2.75, 3.05) is 25.1 Å². The van der Waals surface area contributed by atoms with E-state index < -0.39 is 0 Å². The van der Waals surface area contributed by atoms with E-state index in [0.717, 1.165) is 30.3 Å². The molecule has 16 heavy (non-hydrogen) atoms. The number of hydrogen-bond donors (Lipinski definition) is 0. The molecule has 0 N–H and O–H groups in total. The first-order valence-electron chi connectivity index (χ1n) is 4.90. The van der Waals surface area contributed by atoms with Gasteiger partial charge in [0.1, 0.15) is 0 Å². The van der Waals surface area contributed by atoms with Crippen LogP contribution in [0, 0.1) is 6.92 Å². The van der Waals surface area contributed by atoms with Crippen molar-refractivity contribution in [3.63, 3.8) is 0 Å². The van der Waals surface area contributed by atoms with Crippen molar-refractivity contribution in [3.05, 3.63) is 11.1 Å². The zero-order valence-corrected chi connectivity index (χ0v) is 10.1. The number of methoxy groups -OCH3 is 1. The minimum absolute atomic E-state index is 0.250. The average Bonchev–Trinajstić information content (AvgIpc) is 2.86. The minimum atomic E-state index is 0.250. The molecule has 6 heteroatoms. The van der Waals surface area contributed by atoms with E-state index in [1.165, 1.54) is 0 Å². The molecule has 0 bridgehead atoms. The predicted molar refractivity (Wildman–Crippen MR) is 59.5 cm³/mol. The van der Waals surface area contributed by atoms with E-state index in [0.29, 0.717) is 6.10 Å². The summed E-state index contributed by atoms with van der Waals surface area (Å²) < 4.78 is 5.30. The monoisotopic (exact) mass is 242 g/mol. The van der Waals surface area contributed by atoms with Crippen LogP contribution >= 0.6 is 11.3 Å². The van der Waals surface area contributed by atoms with Crippen molar-refractivity contribution in [2.45, 2.75) is 19.4 Å².